The second-order valence-corrected chi connectivity index (χ2v) is 5.54. The summed E-state index contributed by atoms with van der Waals surface area (Å²) < 4.78 is 0. The molecule has 96 valence electrons. The molecular weight excluding hydrogens is 258 g/mol. The Morgan fingerprint density at radius 3 is 2.63 bits per heavy atom. The molecule has 2 aromatic heterocycles. The summed E-state index contributed by atoms with van der Waals surface area (Å²) in [4.78, 5) is 2.45. The Balaban J connectivity index is 1.80. The number of aromatic nitrogens is 2. The van der Waals surface area contributed by atoms with Crippen LogP contribution < -0.4 is 5.32 Å². The fourth-order valence-electron chi connectivity index (χ4n) is 1.78. The van der Waals surface area contributed by atoms with Crippen molar-refractivity contribution >= 4 is 22.8 Å². The molecule has 3 aromatic rings. The molecule has 0 bridgehead atoms. The van der Waals surface area contributed by atoms with Gasteiger partial charge in [-0.15, -0.1) is 11.3 Å². The molecule has 0 saturated carbocycles. The number of anilines is 2. The number of rotatable bonds is 3. The van der Waals surface area contributed by atoms with E-state index < -0.39 is 0 Å². The Labute approximate surface area is 114 Å². The molecule has 0 saturated heterocycles. The van der Waals surface area contributed by atoms with Crippen LogP contribution in [0, 0.1) is 6.92 Å². The van der Waals surface area contributed by atoms with Gasteiger partial charge in [-0.2, -0.15) is 5.10 Å². The highest BCUT2D eigenvalue weighted by Crippen LogP contribution is 2.28. The Hall–Kier alpha value is -2.27. The summed E-state index contributed by atoms with van der Waals surface area (Å²) in [6, 6.07) is 13.0. The van der Waals surface area contributed by atoms with Crippen LogP contribution in [0.1, 0.15) is 4.88 Å². The molecule has 0 atom stereocenters. The first kappa shape index (κ1) is 11.8. The van der Waals surface area contributed by atoms with E-state index in [2.05, 4.69) is 34.6 Å². The van der Waals surface area contributed by atoms with Crippen LogP contribution in [0.15, 0.2) is 42.5 Å². The van der Waals surface area contributed by atoms with Gasteiger partial charge in [0, 0.05) is 16.6 Å². The number of aromatic hydroxyl groups is 1. The van der Waals surface area contributed by atoms with Crippen LogP contribution in [0.2, 0.25) is 0 Å². The number of aryl methyl sites for hydroxylation is 1. The first-order valence-corrected chi connectivity index (χ1v) is 6.70. The van der Waals surface area contributed by atoms with Gasteiger partial charge in [-0.25, -0.2) is 0 Å². The maximum Gasteiger partial charge on any atom is 0.152 e. The first-order chi connectivity index (χ1) is 9.20. The van der Waals surface area contributed by atoms with Gasteiger partial charge < -0.3 is 10.4 Å². The zero-order valence-electron chi connectivity index (χ0n) is 10.3. The van der Waals surface area contributed by atoms with Crippen LogP contribution in [0.4, 0.5) is 11.5 Å². The molecule has 2 heterocycles. The molecular formula is C14H13N3OS. The molecule has 0 unspecified atom stereocenters. The first-order valence-electron chi connectivity index (χ1n) is 5.89. The lowest BCUT2D eigenvalue weighted by atomic mass is 10.3. The lowest BCUT2D eigenvalue weighted by Crippen LogP contribution is -1.89. The minimum absolute atomic E-state index is 0.252. The molecule has 0 spiro atoms. The van der Waals surface area contributed by atoms with E-state index in [1.54, 1.807) is 35.6 Å². The van der Waals surface area contributed by atoms with E-state index in [1.165, 1.54) is 9.75 Å². The number of H-pyrrole nitrogens is 1. The third-order valence-electron chi connectivity index (χ3n) is 2.72. The largest absolute Gasteiger partial charge is 0.508 e. The molecule has 0 aliphatic rings. The van der Waals surface area contributed by atoms with Gasteiger partial charge in [0.05, 0.1) is 10.6 Å². The third kappa shape index (κ3) is 2.61. The van der Waals surface area contributed by atoms with Crippen molar-refractivity contribution < 1.29 is 5.11 Å². The molecule has 3 rings (SSSR count). The van der Waals surface area contributed by atoms with Crippen molar-refractivity contribution in [2.24, 2.45) is 0 Å². The molecule has 5 heteroatoms. The van der Waals surface area contributed by atoms with E-state index in [0.29, 0.717) is 0 Å². The smallest absolute Gasteiger partial charge is 0.152 e. The normalized spacial score (nSPS) is 10.6. The van der Waals surface area contributed by atoms with Gasteiger partial charge in [0.15, 0.2) is 5.82 Å². The number of aromatic amines is 1. The van der Waals surface area contributed by atoms with E-state index in [0.717, 1.165) is 17.2 Å². The van der Waals surface area contributed by atoms with Gasteiger partial charge >= 0.3 is 0 Å². The van der Waals surface area contributed by atoms with Crippen LogP contribution in [-0.2, 0) is 0 Å². The van der Waals surface area contributed by atoms with Crippen molar-refractivity contribution in [1.29, 1.82) is 0 Å². The van der Waals surface area contributed by atoms with Gasteiger partial charge in [0.2, 0.25) is 0 Å². The number of hydrogen-bond donors (Lipinski definition) is 3. The number of nitrogens with zero attached hydrogens (tertiary/aromatic N) is 1. The van der Waals surface area contributed by atoms with Crippen LogP contribution in [-0.4, -0.2) is 15.3 Å². The van der Waals surface area contributed by atoms with Crippen molar-refractivity contribution in [3.05, 3.63) is 47.3 Å². The van der Waals surface area contributed by atoms with E-state index in [9.17, 15) is 5.11 Å². The number of phenols is 1. The highest BCUT2D eigenvalue weighted by molar-refractivity contribution is 7.15. The van der Waals surface area contributed by atoms with Gasteiger partial charge in [-0.1, -0.05) is 0 Å². The van der Waals surface area contributed by atoms with E-state index in [-0.39, 0.29) is 5.75 Å². The summed E-state index contributed by atoms with van der Waals surface area (Å²) >= 11 is 1.73. The van der Waals surface area contributed by atoms with Gasteiger partial charge in [0.25, 0.3) is 0 Å². The van der Waals surface area contributed by atoms with Gasteiger partial charge in [-0.05, 0) is 43.3 Å². The summed E-state index contributed by atoms with van der Waals surface area (Å²) in [5.41, 5.74) is 1.89. The van der Waals surface area contributed by atoms with Crippen molar-refractivity contribution in [3.8, 4) is 16.3 Å². The van der Waals surface area contributed by atoms with Crippen molar-refractivity contribution in [1.82, 2.24) is 10.2 Å². The predicted molar refractivity (Wildman–Crippen MR) is 78.0 cm³/mol. The number of phenolic OH excluding ortho intramolecular Hbond substituents is 1. The summed E-state index contributed by atoms with van der Waals surface area (Å²) in [6.45, 7) is 2.08. The number of benzene rings is 1. The molecule has 0 aliphatic carbocycles. The number of thiophene rings is 1. The fourth-order valence-corrected chi connectivity index (χ4v) is 2.62. The molecule has 1 aromatic carbocycles. The van der Waals surface area contributed by atoms with Crippen molar-refractivity contribution in [3.63, 3.8) is 0 Å². The van der Waals surface area contributed by atoms with Crippen LogP contribution >= 0.6 is 11.3 Å². The maximum absolute atomic E-state index is 9.23. The summed E-state index contributed by atoms with van der Waals surface area (Å²) in [7, 11) is 0. The van der Waals surface area contributed by atoms with Gasteiger partial charge in [-0.3, -0.25) is 5.10 Å². The third-order valence-corrected chi connectivity index (χ3v) is 3.76. The second kappa shape index (κ2) is 4.78. The minimum atomic E-state index is 0.252. The minimum Gasteiger partial charge on any atom is -0.508 e. The van der Waals surface area contributed by atoms with Crippen LogP contribution in [0.3, 0.4) is 0 Å². The summed E-state index contributed by atoms with van der Waals surface area (Å²) in [5.74, 6) is 1.01. The highest BCUT2D eigenvalue weighted by Gasteiger charge is 2.05. The highest BCUT2D eigenvalue weighted by atomic mass is 32.1. The summed E-state index contributed by atoms with van der Waals surface area (Å²) in [5, 5.41) is 19.7. The number of nitrogens with one attached hydrogen (secondary N) is 2. The molecule has 19 heavy (non-hydrogen) atoms. The van der Waals surface area contributed by atoms with Crippen molar-refractivity contribution in [2.45, 2.75) is 6.92 Å². The Morgan fingerprint density at radius 2 is 1.95 bits per heavy atom. The lowest BCUT2D eigenvalue weighted by Gasteiger charge is -2.01. The molecule has 0 aliphatic heterocycles. The van der Waals surface area contributed by atoms with E-state index in [4.69, 9.17) is 0 Å². The van der Waals surface area contributed by atoms with E-state index >= 15 is 0 Å². The monoisotopic (exact) mass is 271 g/mol. The average Bonchev–Trinajstić information content (AvgIpc) is 3.01. The maximum atomic E-state index is 9.23. The zero-order valence-corrected chi connectivity index (χ0v) is 11.2. The fraction of sp³-hybridized carbons (Fsp3) is 0.0714. The summed E-state index contributed by atoms with van der Waals surface area (Å²) in [6.07, 6.45) is 0. The van der Waals surface area contributed by atoms with Crippen LogP contribution in [0.25, 0.3) is 10.6 Å². The Morgan fingerprint density at radius 1 is 1.16 bits per heavy atom. The molecule has 3 N–H and O–H groups in total. The standard InChI is InChI=1S/C14H13N3OS/c1-9-2-7-13(19-9)12-8-14(17-16-12)15-10-3-5-11(18)6-4-10/h2-8,18H,1H3,(H2,15,16,17). The lowest BCUT2D eigenvalue weighted by molar-refractivity contribution is 0.475. The number of hydrogen-bond acceptors (Lipinski definition) is 4. The average molecular weight is 271 g/mol. The zero-order chi connectivity index (χ0) is 13.2. The molecule has 0 amide bonds. The Kier molecular flexibility index (Phi) is 2.97. The van der Waals surface area contributed by atoms with Gasteiger partial charge in [0.1, 0.15) is 5.75 Å². The quantitative estimate of drug-likeness (QED) is 0.633. The predicted octanol–water partition coefficient (Wildman–Crippen LogP) is 3.90. The van der Waals surface area contributed by atoms with Crippen LogP contribution in [0.5, 0.6) is 5.75 Å². The van der Waals surface area contributed by atoms with Crippen molar-refractivity contribution in [2.75, 3.05) is 5.32 Å². The Bertz CT molecular complexity index is 685. The molecule has 0 radical (unpaired) electrons. The van der Waals surface area contributed by atoms with E-state index in [1.807, 2.05) is 6.07 Å². The topological polar surface area (TPSA) is 60.9 Å². The molecule has 4 nitrogen and oxygen atoms in total. The molecule has 0 fully saturated rings. The SMILES string of the molecule is Cc1ccc(-c2cc(Nc3ccc(O)cc3)n[nH]2)s1. The second-order valence-electron chi connectivity index (χ2n) is 4.25.